The maximum Gasteiger partial charge on any atom is 0.409 e. The summed E-state index contributed by atoms with van der Waals surface area (Å²) in [5.74, 6) is 3.52. The van der Waals surface area contributed by atoms with Crippen LogP contribution in [0.4, 0.5) is 4.79 Å². The summed E-state index contributed by atoms with van der Waals surface area (Å²) in [7, 11) is 0. The average molecular weight is 534 g/mol. The summed E-state index contributed by atoms with van der Waals surface area (Å²) in [5.41, 5.74) is 0.481. The highest BCUT2D eigenvalue weighted by molar-refractivity contribution is 5.67. The predicted molar refractivity (Wildman–Crippen MR) is 148 cm³/mol. The summed E-state index contributed by atoms with van der Waals surface area (Å²) in [5, 5.41) is 31.9. The van der Waals surface area contributed by atoms with Crippen molar-refractivity contribution in [3.63, 3.8) is 0 Å². The number of likely N-dealkylation sites (tertiary alicyclic amines) is 1. The Bertz CT molecular complexity index is 837. The van der Waals surface area contributed by atoms with E-state index in [1.165, 1.54) is 25.7 Å². The maximum absolute atomic E-state index is 12.7. The van der Waals surface area contributed by atoms with E-state index in [-0.39, 0.29) is 41.7 Å². The third kappa shape index (κ3) is 4.83. The van der Waals surface area contributed by atoms with Crippen molar-refractivity contribution in [3.8, 4) is 0 Å². The van der Waals surface area contributed by atoms with Gasteiger partial charge in [-0.1, -0.05) is 34.1 Å². The molecule has 0 aromatic rings. The lowest BCUT2D eigenvalue weighted by atomic mass is 9.41. The molecule has 6 heteroatoms. The number of aliphatic hydroxyl groups is 3. The van der Waals surface area contributed by atoms with E-state index in [4.69, 9.17) is 4.74 Å². The number of amides is 1. The minimum absolute atomic E-state index is 0.138. The van der Waals surface area contributed by atoms with E-state index < -0.39 is 0 Å². The lowest BCUT2D eigenvalue weighted by molar-refractivity contribution is -0.203. The summed E-state index contributed by atoms with van der Waals surface area (Å²) in [6.45, 7) is 11.6. The molecule has 5 rings (SSSR count). The number of aliphatic hydroxyl groups excluding tert-OH is 3. The van der Waals surface area contributed by atoms with Gasteiger partial charge in [0.05, 0.1) is 18.8 Å². The molecule has 0 bridgehead atoms. The SMILES string of the molecule is CC[C@H]1[C@@H](O)[C@@H]2[C@H](CC[C@]3(C)C([C@H](C)CCOC(=O)N4CCC[C@@H](CO)C4)CC[C@@H]23)[C@@]2(C)CC[C@@H](O)C[C@@H]12. The van der Waals surface area contributed by atoms with Crippen LogP contribution in [0.15, 0.2) is 0 Å². The van der Waals surface area contributed by atoms with Crippen molar-refractivity contribution in [1.29, 1.82) is 0 Å². The second-order valence-electron chi connectivity index (χ2n) is 14.6. The first kappa shape index (κ1) is 28.7. The van der Waals surface area contributed by atoms with Gasteiger partial charge in [0.1, 0.15) is 0 Å². The maximum atomic E-state index is 12.7. The number of carbonyl (C=O) groups is 1. The third-order valence-corrected chi connectivity index (χ3v) is 13.0. The fourth-order valence-electron chi connectivity index (χ4n) is 10.9. The fraction of sp³-hybridized carbons (Fsp3) is 0.969. The molecule has 1 aliphatic heterocycles. The zero-order chi connectivity index (χ0) is 27.2. The summed E-state index contributed by atoms with van der Waals surface area (Å²) in [4.78, 5) is 14.4. The van der Waals surface area contributed by atoms with Gasteiger partial charge >= 0.3 is 6.09 Å². The van der Waals surface area contributed by atoms with Crippen LogP contribution in [0.2, 0.25) is 0 Å². The molecule has 3 N–H and O–H groups in total. The lowest BCUT2D eigenvalue weighted by Crippen LogP contribution is -2.62. The largest absolute Gasteiger partial charge is 0.449 e. The topological polar surface area (TPSA) is 90.2 Å². The minimum atomic E-state index is -0.250. The Labute approximate surface area is 230 Å². The van der Waals surface area contributed by atoms with Gasteiger partial charge in [-0.3, -0.25) is 0 Å². The summed E-state index contributed by atoms with van der Waals surface area (Å²) in [6, 6.07) is 0. The van der Waals surface area contributed by atoms with E-state index in [1.807, 2.05) is 0 Å². The van der Waals surface area contributed by atoms with E-state index in [0.29, 0.717) is 54.6 Å². The third-order valence-electron chi connectivity index (χ3n) is 13.0. The lowest BCUT2D eigenvalue weighted by Gasteiger charge is -2.64. The van der Waals surface area contributed by atoms with E-state index in [2.05, 4.69) is 27.7 Å². The smallest absolute Gasteiger partial charge is 0.409 e. The molecular formula is C32H55NO5. The van der Waals surface area contributed by atoms with Gasteiger partial charge in [0.15, 0.2) is 0 Å². The highest BCUT2D eigenvalue weighted by Gasteiger charge is 2.64. The van der Waals surface area contributed by atoms with Crippen molar-refractivity contribution in [2.24, 2.45) is 58.2 Å². The van der Waals surface area contributed by atoms with Crippen LogP contribution in [0.3, 0.4) is 0 Å². The Morgan fingerprint density at radius 3 is 2.50 bits per heavy atom. The molecule has 4 aliphatic carbocycles. The summed E-state index contributed by atoms with van der Waals surface area (Å²) in [6.07, 6.45) is 10.9. The Balaban J connectivity index is 1.23. The monoisotopic (exact) mass is 533 g/mol. The van der Waals surface area contributed by atoms with E-state index in [1.54, 1.807) is 4.90 Å². The van der Waals surface area contributed by atoms with Crippen molar-refractivity contribution in [3.05, 3.63) is 0 Å². The number of ether oxygens (including phenoxy) is 1. The van der Waals surface area contributed by atoms with Gasteiger partial charge in [-0.05, 0) is 122 Å². The van der Waals surface area contributed by atoms with Gasteiger partial charge in [0.25, 0.3) is 0 Å². The highest BCUT2D eigenvalue weighted by atomic mass is 16.6. The van der Waals surface area contributed by atoms with Gasteiger partial charge in [0.2, 0.25) is 0 Å². The van der Waals surface area contributed by atoms with E-state index in [9.17, 15) is 20.1 Å². The van der Waals surface area contributed by atoms with Crippen molar-refractivity contribution in [1.82, 2.24) is 4.90 Å². The summed E-state index contributed by atoms with van der Waals surface area (Å²) >= 11 is 0. The number of hydrogen-bond donors (Lipinski definition) is 3. The zero-order valence-electron chi connectivity index (χ0n) is 24.5. The molecular weight excluding hydrogens is 478 g/mol. The first-order valence-electron chi connectivity index (χ1n) is 16.0. The van der Waals surface area contributed by atoms with Crippen LogP contribution in [-0.2, 0) is 4.74 Å². The van der Waals surface area contributed by atoms with Crippen LogP contribution in [-0.4, -0.2) is 64.8 Å². The quantitative estimate of drug-likeness (QED) is 0.421. The van der Waals surface area contributed by atoms with Gasteiger partial charge in [-0.15, -0.1) is 0 Å². The standard InChI is InChI=1S/C32H55NO5/c1-5-23-27-17-22(35)10-13-32(27,4)26-11-14-31(3)24(8-9-25(31)28(26)29(23)36)20(2)12-16-38-30(37)33-15-6-7-21(18-33)19-34/h20-29,34-36H,5-19H2,1-4H3/t20-,21-,22-,23-,24?,25+,26+,27+,28+,29-,31-,32-/m1/s1. The first-order chi connectivity index (χ1) is 18.1. The van der Waals surface area contributed by atoms with Crippen molar-refractivity contribution >= 4 is 6.09 Å². The van der Waals surface area contributed by atoms with E-state index in [0.717, 1.165) is 51.5 Å². The Hall–Kier alpha value is -0.850. The normalized spacial score (nSPS) is 47.6. The molecule has 1 amide bonds. The molecule has 6 nitrogen and oxygen atoms in total. The summed E-state index contributed by atoms with van der Waals surface area (Å²) < 4.78 is 5.73. The average Bonchev–Trinajstić information content (AvgIpc) is 3.27. The number of nitrogens with zero attached hydrogens (tertiary/aromatic N) is 1. The van der Waals surface area contributed by atoms with Crippen molar-refractivity contribution in [2.75, 3.05) is 26.3 Å². The molecule has 5 aliphatic rings. The molecule has 0 aromatic heterocycles. The molecule has 5 fully saturated rings. The number of carbonyl (C=O) groups excluding carboxylic acids is 1. The number of fused-ring (bicyclic) bond motifs is 5. The van der Waals surface area contributed by atoms with Crippen LogP contribution in [0, 0.1) is 58.2 Å². The van der Waals surface area contributed by atoms with E-state index >= 15 is 0 Å². The van der Waals surface area contributed by atoms with Crippen molar-refractivity contribution < 1.29 is 24.9 Å². The molecule has 1 saturated heterocycles. The fourth-order valence-corrected chi connectivity index (χ4v) is 10.9. The van der Waals surface area contributed by atoms with Crippen LogP contribution in [0.25, 0.3) is 0 Å². The molecule has 1 heterocycles. The molecule has 0 spiro atoms. The second kappa shape index (κ2) is 11.2. The van der Waals surface area contributed by atoms with Gasteiger partial charge in [0, 0.05) is 19.7 Å². The Morgan fingerprint density at radius 1 is 1.03 bits per heavy atom. The molecule has 12 atom stereocenters. The van der Waals surface area contributed by atoms with Crippen LogP contribution in [0.5, 0.6) is 0 Å². The van der Waals surface area contributed by atoms with Crippen LogP contribution in [0.1, 0.15) is 98.3 Å². The zero-order valence-corrected chi connectivity index (χ0v) is 24.5. The van der Waals surface area contributed by atoms with Crippen LogP contribution < -0.4 is 0 Å². The number of piperidine rings is 1. The molecule has 4 saturated carbocycles. The van der Waals surface area contributed by atoms with Crippen LogP contribution >= 0.6 is 0 Å². The molecule has 0 radical (unpaired) electrons. The predicted octanol–water partition coefficient (Wildman–Crippen LogP) is 5.48. The Morgan fingerprint density at radius 2 is 1.76 bits per heavy atom. The number of hydrogen-bond acceptors (Lipinski definition) is 5. The molecule has 1 unspecified atom stereocenters. The van der Waals surface area contributed by atoms with Gasteiger partial charge < -0.3 is 25.0 Å². The molecule has 0 aromatic carbocycles. The first-order valence-corrected chi connectivity index (χ1v) is 16.0. The minimum Gasteiger partial charge on any atom is -0.449 e. The highest BCUT2D eigenvalue weighted by Crippen LogP contribution is 2.69. The van der Waals surface area contributed by atoms with Crippen molar-refractivity contribution in [2.45, 2.75) is 111 Å². The molecule has 38 heavy (non-hydrogen) atoms. The second-order valence-corrected chi connectivity index (χ2v) is 14.6. The Kier molecular flexibility index (Phi) is 8.45. The van der Waals surface area contributed by atoms with Gasteiger partial charge in [-0.2, -0.15) is 0 Å². The molecule has 218 valence electrons. The number of rotatable bonds is 6. The van der Waals surface area contributed by atoms with Gasteiger partial charge in [-0.25, -0.2) is 4.79 Å².